The Morgan fingerprint density at radius 2 is 0.833 bits per heavy atom. The van der Waals surface area contributed by atoms with Crippen molar-refractivity contribution in [2.45, 2.75) is 53.4 Å². The quantitative estimate of drug-likeness (QED) is 0.547. The van der Waals surface area contributed by atoms with Crippen molar-refractivity contribution in [3.63, 3.8) is 0 Å². The molecule has 0 aliphatic heterocycles. The van der Waals surface area contributed by atoms with Crippen LogP contribution in [0, 0.1) is 0 Å². The third-order valence-corrected chi connectivity index (χ3v) is 4.20. The topological polar surface area (TPSA) is 0 Å². The largest absolute Gasteiger partial charge is 0.0700 e. The zero-order valence-electron chi connectivity index (χ0n) is 12.1. The van der Waals surface area contributed by atoms with Crippen molar-refractivity contribution in [1.82, 2.24) is 0 Å². The monoisotopic (exact) mass is 240 g/mol. The highest BCUT2D eigenvalue weighted by atomic mass is 14.2. The molecule has 2 aliphatic rings. The molecule has 0 aromatic rings. The molecular weight excluding hydrogens is 216 g/mol. The summed E-state index contributed by atoms with van der Waals surface area (Å²) >= 11 is 0. The molecule has 0 N–H and O–H groups in total. The molecule has 96 valence electrons. The highest BCUT2D eigenvalue weighted by Crippen LogP contribution is 2.31. The Balaban J connectivity index is 1.88. The fourth-order valence-corrected chi connectivity index (χ4v) is 2.71. The van der Waals surface area contributed by atoms with Crippen molar-refractivity contribution in [3.8, 4) is 0 Å². The minimum Gasteiger partial charge on any atom is -0.0700 e. The summed E-state index contributed by atoms with van der Waals surface area (Å²) in [6.45, 7) is 8.99. The SMILES string of the molecule is CC1=C(C)CC(=C/C=C/C=C2CC(C)=C(C)C2)C1. The minimum absolute atomic E-state index is 1.17. The fourth-order valence-electron chi connectivity index (χ4n) is 2.71. The van der Waals surface area contributed by atoms with Crippen LogP contribution in [0.4, 0.5) is 0 Å². The molecule has 0 bridgehead atoms. The van der Waals surface area contributed by atoms with Crippen LogP contribution in [0.3, 0.4) is 0 Å². The maximum atomic E-state index is 2.29. The molecule has 0 nitrogen and oxygen atoms in total. The molecule has 18 heavy (non-hydrogen) atoms. The van der Waals surface area contributed by atoms with E-state index in [2.05, 4.69) is 52.0 Å². The van der Waals surface area contributed by atoms with Crippen molar-refractivity contribution in [2.24, 2.45) is 0 Å². The van der Waals surface area contributed by atoms with Crippen molar-refractivity contribution >= 4 is 0 Å². The lowest BCUT2D eigenvalue weighted by molar-refractivity contribution is 1.13. The average molecular weight is 240 g/mol. The van der Waals surface area contributed by atoms with Crippen LogP contribution in [-0.2, 0) is 0 Å². The first-order valence-corrected chi connectivity index (χ1v) is 6.91. The molecule has 0 radical (unpaired) electrons. The van der Waals surface area contributed by atoms with Gasteiger partial charge in [-0.05, 0) is 53.4 Å². The van der Waals surface area contributed by atoms with Crippen molar-refractivity contribution < 1.29 is 0 Å². The molecule has 0 saturated heterocycles. The highest BCUT2D eigenvalue weighted by Gasteiger charge is 2.11. The third-order valence-electron chi connectivity index (χ3n) is 4.20. The van der Waals surface area contributed by atoms with Gasteiger partial charge in [-0.25, -0.2) is 0 Å². The standard InChI is InChI=1S/C18H24/c1-13-9-17(10-14(13)2)7-5-6-8-18-11-15(3)16(4)12-18/h5-8H,9-12H2,1-4H3/b6-5+. The summed E-state index contributed by atoms with van der Waals surface area (Å²) in [7, 11) is 0. The lowest BCUT2D eigenvalue weighted by Crippen LogP contribution is -1.74. The molecule has 0 unspecified atom stereocenters. The summed E-state index contributed by atoms with van der Waals surface area (Å²) in [5, 5.41) is 0. The molecule has 0 saturated carbocycles. The molecule has 0 atom stereocenters. The van der Waals surface area contributed by atoms with Gasteiger partial charge in [0.25, 0.3) is 0 Å². The van der Waals surface area contributed by atoms with E-state index in [9.17, 15) is 0 Å². The van der Waals surface area contributed by atoms with E-state index in [1.165, 1.54) is 25.7 Å². The summed E-state index contributed by atoms with van der Waals surface area (Å²) in [5.41, 5.74) is 9.32. The van der Waals surface area contributed by atoms with Gasteiger partial charge in [0.2, 0.25) is 0 Å². The van der Waals surface area contributed by atoms with Gasteiger partial charge < -0.3 is 0 Å². The van der Waals surface area contributed by atoms with Crippen LogP contribution in [0.1, 0.15) is 53.4 Å². The summed E-state index contributed by atoms with van der Waals surface area (Å²) in [5.74, 6) is 0. The van der Waals surface area contributed by atoms with E-state index in [1.807, 2.05) is 0 Å². The van der Waals surface area contributed by atoms with E-state index >= 15 is 0 Å². The Morgan fingerprint density at radius 3 is 1.11 bits per heavy atom. The normalized spacial score (nSPS) is 20.7. The van der Waals surface area contributed by atoms with Gasteiger partial charge in [0.1, 0.15) is 0 Å². The molecule has 0 spiro atoms. The summed E-state index contributed by atoms with van der Waals surface area (Å²) in [6, 6.07) is 0. The van der Waals surface area contributed by atoms with E-state index < -0.39 is 0 Å². The van der Waals surface area contributed by atoms with Crippen molar-refractivity contribution in [2.75, 3.05) is 0 Å². The number of allylic oxidation sites excluding steroid dienone is 10. The van der Waals surface area contributed by atoms with Crippen LogP contribution in [0.25, 0.3) is 0 Å². The van der Waals surface area contributed by atoms with Gasteiger partial charge in [-0.2, -0.15) is 0 Å². The van der Waals surface area contributed by atoms with Crippen LogP contribution in [0.5, 0.6) is 0 Å². The molecule has 0 aromatic heterocycles. The summed E-state index contributed by atoms with van der Waals surface area (Å²) < 4.78 is 0. The second-order valence-electron chi connectivity index (χ2n) is 5.86. The van der Waals surface area contributed by atoms with Crippen molar-refractivity contribution in [3.05, 3.63) is 57.7 Å². The number of hydrogen-bond donors (Lipinski definition) is 0. The van der Waals surface area contributed by atoms with Crippen LogP contribution >= 0.6 is 0 Å². The lowest BCUT2D eigenvalue weighted by atomic mass is 10.1. The van der Waals surface area contributed by atoms with Crippen LogP contribution < -0.4 is 0 Å². The molecule has 0 amide bonds. The summed E-state index contributed by atoms with van der Waals surface area (Å²) in [4.78, 5) is 0. The predicted molar refractivity (Wildman–Crippen MR) is 80.5 cm³/mol. The smallest absolute Gasteiger partial charge is 0.0102 e. The first-order chi connectivity index (χ1) is 8.56. The molecule has 0 heteroatoms. The van der Waals surface area contributed by atoms with E-state index in [-0.39, 0.29) is 0 Å². The first kappa shape index (κ1) is 13.1. The lowest BCUT2D eigenvalue weighted by Gasteiger charge is -1.94. The second kappa shape index (κ2) is 5.56. The first-order valence-electron chi connectivity index (χ1n) is 6.91. The zero-order chi connectivity index (χ0) is 13.1. The van der Waals surface area contributed by atoms with Gasteiger partial charge >= 0.3 is 0 Å². The molecule has 2 aliphatic carbocycles. The van der Waals surface area contributed by atoms with Crippen LogP contribution in [-0.4, -0.2) is 0 Å². The minimum atomic E-state index is 1.17. The predicted octanol–water partition coefficient (Wildman–Crippen LogP) is 5.66. The maximum absolute atomic E-state index is 2.29. The van der Waals surface area contributed by atoms with Gasteiger partial charge in [-0.3, -0.25) is 0 Å². The Kier molecular flexibility index (Phi) is 4.06. The highest BCUT2D eigenvalue weighted by molar-refractivity contribution is 5.36. The average Bonchev–Trinajstić information content (AvgIpc) is 2.79. The Hall–Kier alpha value is -1.30. The number of hydrogen-bond acceptors (Lipinski definition) is 0. The van der Waals surface area contributed by atoms with E-state index in [0.29, 0.717) is 0 Å². The van der Waals surface area contributed by atoms with E-state index in [0.717, 1.165) is 0 Å². The molecule has 0 heterocycles. The Labute approximate surface area is 111 Å². The van der Waals surface area contributed by atoms with Gasteiger partial charge in [-0.15, -0.1) is 0 Å². The van der Waals surface area contributed by atoms with Crippen molar-refractivity contribution in [1.29, 1.82) is 0 Å². The third kappa shape index (κ3) is 3.13. The Bertz CT molecular complexity index is 412. The van der Waals surface area contributed by atoms with E-state index in [1.54, 1.807) is 33.4 Å². The van der Waals surface area contributed by atoms with Crippen LogP contribution in [0.15, 0.2) is 57.7 Å². The summed E-state index contributed by atoms with van der Waals surface area (Å²) in [6.07, 6.45) is 13.7. The second-order valence-corrected chi connectivity index (χ2v) is 5.86. The number of rotatable bonds is 2. The zero-order valence-corrected chi connectivity index (χ0v) is 12.1. The van der Waals surface area contributed by atoms with E-state index in [4.69, 9.17) is 0 Å². The Morgan fingerprint density at radius 1 is 0.556 bits per heavy atom. The fraction of sp³-hybridized carbons (Fsp3) is 0.444. The van der Waals surface area contributed by atoms with Crippen LogP contribution in [0.2, 0.25) is 0 Å². The molecule has 0 fully saturated rings. The molecular formula is C18H24. The van der Waals surface area contributed by atoms with Gasteiger partial charge in [0, 0.05) is 0 Å². The van der Waals surface area contributed by atoms with Gasteiger partial charge in [0.15, 0.2) is 0 Å². The maximum Gasteiger partial charge on any atom is -0.0102 e. The van der Waals surface area contributed by atoms with Gasteiger partial charge in [0.05, 0.1) is 0 Å². The molecule has 0 aromatic carbocycles. The molecule has 2 rings (SSSR count). The van der Waals surface area contributed by atoms with Gasteiger partial charge in [-0.1, -0.05) is 57.7 Å².